The summed E-state index contributed by atoms with van der Waals surface area (Å²) in [7, 11) is 4.05. The van der Waals surface area contributed by atoms with Crippen molar-refractivity contribution in [3.05, 3.63) is 95.3 Å². The number of carboxylic acid groups (broad SMARTS) is 1. The van der Waals surface area contributed by atoms with Crippen LogP contribution in [-0.2, 0) is 24.2 Å². The third kappa shape index (κ3) is 6.97. The molecule has 2 N–H and O–H groups in total. The van der Waals surface area contributed by atoms with E-state index >= 15 is 0 Å². The number of nitrogens with one attached hydrogen (secondary N) is 1. The normalized spacial score (nSPS) is 11.0. The molecule has 192 valence electrons. The number of fused-ring (bicyclic) bond motifs is 1. The van der Waals surface area contributed by atoms with Crippen molar-refractivity contribution in [1.82, 2.24) is 14.9 Å². The lowest BCUT2D eigenvalue weighted by Crippen LogP contribution is -2.25. The highest BCUT2D eigenvalue weighted by Crippen LogP contribution is 2.22. The molecule has 0 unspecified atom stereocenters. The van der Waals surface area contributed by atoms with Gasteiger partial charge in [0.2, 0.25) is 0 Å². The topological polar surface area (TPSA) is 87.5 Å². The first-order valence-corrected chi connectivity index (χ1v) is 12.7. The molecule has 0 saturated heterocycles. The van der Waals surface area contributed by atoms with E-state index in [0.29, 0.717) is 12.0 Å². The Kier molecular flexibility index (Phi) is 8.56. The Morgan fingerprint density at radius 1 is 0.946 bits per heavy atom. The van der Waals surface area contributed by atoms with Crippen molar-refractivity contribution in [2.24, 2.45) is 0 Å². The number of unbranched alkanes of at least 4 members (excludes halogenated alkanes) is 1. The van der Waals surface area contributed by atoms with E-state index < -0.39 is 5.97 Å². The van der Waals surface area contributed by atoms with Gasteiger partial charge in [-0.05, 0) is 60.7 Å². The lowest BCUT2D eigenvalue weighted by molar-refractivity contribution is -0.136. The molecule has 0 aliphatic carbocycles. The second-order valence-electron chi connectivity index (χ2n) is 9.46. The van der Waals surface area contributed by atoms with Crippen LogP contribution in [0.2, 0.25) is 0 Å². The second-order valence-corrected chi connectivity index (χ2v) is 9.46. The Balaban J connectivity index is 1.54. The van der Waals surface area contributed by atoms with E-state index in [0.717, 1.165) is 48.4 Å². The molecule has 0 atom stereocenters. The van der Waals surface area contributed by atoms with Crippen LogP contribution in [0.4, 0.5) is 5.69 Å². The highest BCUT2D eigenvalue weighted by Gasteiger charge is 2.15. The first kappa shape index (κ1) is 25.9. The summed E-state index contributed by atoms with van der Waals surface area (Å²) < 4.78 is 2.27. The van der Waals surface area contributed by atoms with Crippen LogP contribution in [0.1, 0.15) is 46.6 Å². The summed E-state index contributed by atoms with van der Waals surface area (Å²) in [4.78, 5) is 30.3. The molecular formula is C30H34N4O3. The standard InChI is InChI=1S/C30H34N4O3/c1-33(2)25-14-11-23(12-15-25)20-28-32-26-21-24(30(37)31-18-17-29(35)36)13-16-27(26)34(28)19-7-6-10-22-8-4-3-5-9-22/h3-5,8-9,11-16,21H,6-7,10,17-20H2,1-2H3,(H,31,37)(H,35,36). The number of hydrogen-bond acceptors (Lipinski definition) is 4. The third-order valence-electron chi connectivity index (χ3n) is 6.47. The fourth-order valence-electron chi connectivity index (χ4n) is 4.43. The van der Waals surface area contributed by atoms with E-state index in [4.69, 9.17) is 10.1 Å². The zero-order valence-corrected chi connectivity index (χ0v) is 21.5. The molecule has 4 aromatic rings. The van der Waals surface area contributed by atoms with Crippen LogP contribution < -0.4 is 10.2 Å². The van der Waals surface area contributed by atoms with Gasteiger partial charge in [0.1, 0.15) is 5.82 Å². The Labute approximate surface area is 217 Å². The third-order valence-corrected chi connectivity index (χ3v) is 6.47. The maximum Gasteiger partial charge on any atom is 0.305 e. The number of aliphatic carboxylic acids is 1. The van der Waals surface area contributed by atoms with Gasteiger partial charge < -0.3 is 19.9 Å². The van der Waals surface area contributed by atoms with E-state index in [9.17, 15) is 9.59 Å². The van der Waals surface area contributed by atoms with Gasteiger partial charge in [-0.3, -0.25) is 9.59 Å². The van der Waals surface area contributed by atoms with Gasteiger partial charge in [-0.15, -0.1) is 0 Å². The molecular weight excluding hydrogens is 464 g/mol. The minimum Gasteiger partial charge on any atom is -0.481 e. The molecule has 0 radical (unpaired) electrons. The predicted molar refractivity (Wildman–Crippen MR) is 147 cm³/mol. The van der Waals surface area contributed by atoms with Crippen molar-refractivity contribution in [2.75, 3.05) is 25.5 Å². The number of rotatable bonds is 12. The summed E-state index contributed by atoms with van der Waals surface area (Å²) in [6.07, 6.45) is 3.72. The number of benzene rings is 3. The molecule has 0 bridgehead atoms. The summed E-state index contributed by atoms with van der Waals surface area (Å²) in [6.45, 7) is 0.939. The number of carbonyl (C=O) groups excluding carboxylic acids is 1. The first-order chi connectivity index (χ1) is 17.9. The zero-order chi connectivity index (χ0) is 26.2. The molecule has 0 aliphatic rings. The summed E-state index contributed by atoms with van der Waals surface area (Å²) in [6, 6.07) is 24.6. The smallest absolute Gasteiger partial charge is 0.305 e. The molecule has 1 aromatic heterocycles. The van der Waals surface area contributed by atoms with Crippen molar-refractivity contribution in [2.45, 2.75) is 38.6 Å². The van der Waals surface area contributed by atoms with Crippen LogP contribution in [0, 0.1) is 0 Å². The number of amides is 1. The van der Waals surface area contributed by atoms with Gasteiger partial charge in [-0.2, -0.15) is 0 Å². The Morgan fingerprint density at radius 3 is 2.41 bits per heavy atom. The van der Waals surface area contributed by atoms with Crippen LogP contribution >= 0.6 is 0 Å². The van der Waals surface area contributed by atoms with Gasteiger partial charge >= 0.3 is 5.97 Å². The van der Waals surface area contributed by atoms with E-state index in [1.54, 1.807) is 12.1 Å². The summed E-state index contributed by atoms with van der Waals surface area (Å²) >= 11 is 0. The number of imidazole rings is 1. The Morgan fingerprint density at radius 2 is 1.70 bits per heavy atom. The fourth-order valence-corrected chi connectivity index (χ4v) is 4.43. The zero-order valence-electron chi connectivity index (χ0n) is 21.5. The molecule has 0 spiro atoms. The van der Waals surface area contributed by atoms with Crippen LogP contribution in [-0.4, -0.2) is 47.2 Å². The van der Waals surface area contributed by atoms with Crippen LogP contribution in [0.25, 0.3) is 11.0 Å². The van der Waals surface area contributed by atoms with Crippen molar-refractivity contribution in [3.63, 3.8) is 0 Å². The first-order valence-electron chi connectivity index (χ1n) is 12.7. The molecule has 37 heavy (non-hydrogen) atoms. The highest BCUT2D eigenvalue weighted by molar-refractivity contribution is 5.97. The molecule has 0 saturated carbocycles. The van der Waals surface area contributed by atoms with Gasteiger partial charge in [0, 0.05) is 44.9 Å². The average Bonchev–Trinajstić information content (AvgIpc) is 3.23. The van der Waals surface area contributed by atoms with Crippen LogP contribution in [0.15, 0.2) is 72.8 Å². The van der Waals surface area contributed by atoms with Crippen molar-refractivity contribution < 1.29 is 14.7 Å². The Bertz CT molecular complexity index is 1340. The quantitative estimate of drug-likeness (QED) is 0.271. The fraction of sp³-hybridized carbons (Fsp3) is 0.300. The SMILES string of the molecule is CN(C)c1ccc(Cc2nc3cc(C(=O)NCCC(=O)O)ccc3n2CCCCc2ccccc2)cc1. The number of hydrogen-bond donors (Lipinski definition) is 2. The van der Waals surface area contributed by atoms with Gasteiger partial charge in [0.15, 0.2) is 0 Å². The number of aromatic nitrogens is 2. The van der Waals surface area contributed by atoms with Gasteiger partial charge in [-0.25, -0.2) is 4.98 Å². The number of nitrogens with zero attached hydrogens (tertiary/aromatic N) is 3. The number of aryl methyl sites for hydroxylation is 2. The minimum absolute atomic E-state index is 0.0935. The number of carbonyl (C=O) groups is 2. The van der Waals surface area contributed by atoms with Gasteiger partial charge in [0.05, 0.1) is 17.5 Å². The molecule has 7 nitrogen and oxygen atoms in total. The average molecular weight is 499 g/mol. The molecule has 0 aliphatic heterocycles. The molecule has 3 aromatic carbocycles. The minimum atomic E-state index is -0.940. The predicted octanol–water partition coefficient (Wildman–Crippen LogP) is 4.92. The molecule has 1 amide bonds. The summed E-state index contributed by atoms with van der Waals surface area (Å²) in [5.41, 5.74) is 5.93. The number of anilines is 1. The largest absolute Gasteiger partial charge is 0.481 e. The maximum absolute atomic E-state index is 12.5. The Hall–Kier alpha value is -4.13. The molecule has 7 heteroatoms. The van der Waals surface area contributed by atoms with E-state index in [-0.39, 0.29) is 18.9 Å². The number of carboxylic acids is 1. The van der Waals surface area contributed by atoms with E-state index in [1.165, 1.54) is 11.1 Å². The van der Waals surface area contributed by atoms with Gasteiger partial charge in [-0.1, -0.05) is 42.5 Å². The van der Waals surface area contributed by atoms with Crippen molar-refractivity contribution >= 4 is 28.6 Å². The highest BCUT2D eigenvalue weighted by atomic mass is 16.4. The molecule has 4 rings (SSSR count). The lowest BCUT2D eigenvalue weighted by Gasteiger charge is -2.13. The second kappa shape index (κ2) is 12.2. The van der Waals surface area contributed by atoms with E-state index in [2.05, 4.69) is 63.3 Å². The van der Waals surface area contributed by atoms with Crippen molar-refractivity contribution in [1.29, 1.82) is 0 Å². The van der Waals surface area contributed by atoms with Crippen LogP contribution in [0.3, 0.4) is 0 Å². The van der Waals surface area contributed by atoms with Gasteiger partial charge in [0.25, 0.3) is 5.91 Å². The lowest BCUT2D eigenvalue weighted by atomic mass is 10.1. The molecule has 1 heterocycles. The molecule has 0 fully saturated rings. The summed E-state index contributed by atoms with van der Waals surface area (Å²) in [5, 5.41) is 11.5. The summed E-state index contributed by atoms with van der Waals surface area (Å²) in [5.74, 6) is -0.262. The maximum atomic E-state index is 12.5. The monoisotopic (exact) mass is 498 g/mol. The van der Waals surface area contributed by atoms with E-state index in [1.807, 2.05) is 26.2 Å². The van der Waals surface area contributed by atoms with Crippen molar-refractivity contribution in [3.8, 4) is 0 Å². The van der Waals surface area contributed by atoms with Crippen LogP contribution in [0.5, 0.6) is 0 Å².